The Bertz CT molecular complexity index is 230. The number of hydrogen-bond acceptors (Lipinski definition) is 2. The van der Waals surface area contributed by atoms with E-state index in [4.69, 9.17) is 5.73 Å². The van der Waals surface area contributed by atoms with Crippen molar-refractivity contribution < 1.29 is 4.79 Å². The van der Waals surface area contributed by atoms with E-state index < -0.39 is 0 Å². The number of carbonyl (C=O) groups excluding carboxylic acids is 1. The smallest absolute Gasteiger partial charge is 0.221 e. The number of nitrogens with one attached hydrogen (secondary N) is 1. The SMILES string of the molecule is NC1(CC(=O)NCCC2CC2)CCCC1. The minimum absolute atomic E-state index is 0.153. The van der Waals surface area contributed by atoms with Crippen molar-refractivity contribution in [2.75, 3.05) is 6.54 Å². The van der Waals surface area contributed by atoms with Crippen LogP contribution in [0.4, 0.5) is 0 Å². The Morgan fingerprint density at radius 1 is 1.33 bits per heavy atom. The molecule has 3 heteroatoms. The van der Waals surface area contributed by atoms with Crippen LogP contribution in [0.5, 0.6) is 0 Å². The van der Waals surface area contributed by atoms with Gasteiger partial charge in [-0.1, -0.05) is 25.7 Å². The zero-order valence-corrected chi connectivity index (χ0v) is 9.43. The molecule has 0 atom stereocenters. The summed E-state index contributed by atoms with van der Waals surface area (Å²) in [5.41, 5.74) is 5.95. The van der Waals surface area contributed by atoms with E-state index >= 15 is 0 Å². The second kappa shape index (κ2) is 4.52. The predicted molar refractivity (Wildman–Crippen MR) is 60.4 cm³/mol. The predicted octanol–water partition coefficient (Wildman–Crippen LogP) is 1.56. The van der Waals surface area contributed by atoms with E-state index in [0.717, 1.165) is 31.7 Å². The van der Waals surface area contributed by atoms with Crippen LogP contribution < -0.4 is 11.1 Å². The molecule has 2 saturated carbocycles. The van der Waals surface area contributed by atoms with Gasteiger partial charge in [-0.25, -0.2) is 0 Å². The fourth-order valence-electron chi connectivity index (χ4n) is 2.46. The summed E-state index contributed by atoms with van der Waals surface area (Å²) in [5.74, 6) is 1.05. The average Bonchev–Trinajstić information content (AvgIpc) is 2.89. The molecule has 1 amide bonds. The molecule has 0 heterocycles. The third-order valence-corrected chi connectivity index (χ3v) is 3.68. The standard InChI is InChI=1S/C12H22N2O/c13-12(6-1-2-7-12)9-11(15)14-8-5-10-3-4-10/h10H,1-9,13H2,(H,14,15). The Morgan fingerprint density at radius 2 is 2.00 bits per heavy atom. The van der Waals surface area contributed by atoms with Crippen molar-refractivity contribution in [1.82, 2.24) is 5.32 Å². The summed E-state index contributed by atoms with van der Waals surface area (Å²) in [4.78, 5) is 11.6. The van der Waals surface area contributed by atoms with Crippen molar-refractivity contribution in [1.29, 1.82) is 0 Å². The summed E-state index contributed by atoms with van der Waals surface area (Å²) < 4.78 is 0. The zero-order chi connectivity index (χ0) is 10.7. The fourth-order valence-corrected chi connectivity index (χ4v) is 2.46. The van der Waals surface area contributed by atoms with Crippen LogP contribution in [-0.4, -0.2) is 18.0 Å². The minimum atomic E-state index is -0.191. The van der Waals surface area contributed by atoms with Crippen LogP contribution >= 0.6 is 0 Å². The van der Waals surface area contributed by atoms with E-state index in [2.05, 4.69) is 5.32 Å². The molecule has 15 heavy (non-hydrogen) atoms. The minimum Gasteiger partial charge on any atom is -0.356 e. The first-order valence-electron chi connectivity index (χ1n) is 6.24. The van der Waals surface area contributed by atoms with E-state index in [0.29, 0.717) is 6.42 Å². The van der Waals surface area contributed by atoms with Gasteiger partial charge in [-0.15, -0.1) is 0 Å². The highest BCUT2D eigenvalue weighted by Gasteiger charge is 2.31. The molecular formula is C12H22N2O. The summed E-state index contributed by atoms with van der Waals surface area (Å²) in [6.45, 7) is 0.847. The lowest BCUT2D eigenvalue weighted by Crippen LogP contribution is -2.42. The third kappa shape index (κ3) is 3.49. The maximum Gasteiger partial charge on any atom is 0.221 e. The second-order valence-corrected chi connectivity index (χ2v) is 5.33. The van der Waals surface area contributed by atoms with Crippen LogP contribution in [-0.2, 0) is 4.79 Å². The van der Waals surface area contributed by atoms with Crippen LogP contribution in [0, 0.1) is 5.92 Å². The fraction of sp³-hybridized carbons (Fsp3) is 0.917. The summed E-state index contributed by atoms with van der Waals surface area (Å²) in [6, 6.07) is 0. The van der Waals surface area contributed by atoms with Crippen molar-refractivity contribution in [2.45, 2.75) is 56.9 Å². The molecule has 2 fully saturated rings. The van der Waals surface area contributed by atoms with Gasteiger partial charge in [0, 0.05) is 18.5 Å². The summed E-state index contributed by atoms with van der Waals surface area (Å²) in [7, 11) is 0. The maximum atomic E-state index is 11.6. The van der Waals surface area contributed by atoms with Gasteiger partial charge in [-0.2, -0.15) is 0 Å². The molecule has 0 radical (unpaired) electrons. The Morgan fingerprint density at radius 3 is 2.60 bits per heavy atom. The maximum absolute atomic E-state index is 11.6. The molecule has 0 bridgehead atoms. The van der Waals surface area contributed by atoms with Crippen LogP contribution in [0.25, 0.3) is 0 Å². The first-order valence-corrected chi connectivity index (χ1v) is 6.24. The molecule has 0 aromatic heterocycles. The summed E-state index contributed by atoms with van der Waals surface area (Å²) in [6.07, 6.45) is 8.80. The van der Waals surface area contributed by atoms with Crippen LogP contribution in [0.3, 0.4) is 0 Å². The lowest BCUT2D eigenvalue weighted by molar-refractivity contribution is -0.122. The van der Waals surface area contributed by atoms with Crippen LogP contribution in [0.1, 0.15) is 51.4 Å². The van der Waals surface area contributed by atoms with Gasteiger partial charge in [0.05, 0.1) is 0 Å². The van der Waals surface area contributed by atoms with Crippen LogP contribution in [0.2, 0.25) is 0 Å². The number of carbonyl (C=O) groups is 1. The van der Waals surface area contributed by atoms with Crippen molar-refractivity contribution in [3.8, 4) is 0 Å². The van der Waals surface area contributed by atoms with E-state index in [9.17, 15) is 4.79 Å². The first kappa shape index (κ1) is 10.9. The highest BCUT2D eigenvalue weighted by molar-refractivity contribution is 5.77. The van der Waals surface area contributed by atoms with Gasteiger partial charge in [-0.05, 0) is 25.2 Å². The number of hydrogen-bond donors (Lipinski definition) is 2. The summed E-state index contributed by atoms with van der Waals surface area (Å²) in [5, 5.41) is 2.99. The molecule has 3 nitrogen and oxygen atoms in total. The molecule has 0 spiro atoms. The van der Waals surface area contributed by atoms with Crippen molar-refractivity contribution in [3.05, 3.63) is 0 Å². The number of nitrogens with two attached hydrogens (primary N) is 1. The normalized spacial score (nSPS) is 24.1. The monoisotopic (exact) mass is 210 g/mol. The topological polar surface area (TPSA) is 55.1 Å². The molecule has 2 aliphatic rings. The van der Waals surface area contributed by atoms with Gasteiger partial charge in [0.2, 0.25) is 5.91 Å². The lowest BCUT2D eigenvalue weighted by Gasteiger charge is -2.22. The van der Waals surface area contributed by atoms with E-state index in [1.165, 1.54) is 25.7 Å². The van der Waals surface area contributed by atoms with Crippen molar-refractivity contribution >= 4 is 5.91 Å². The zero-order valence-electron chi connectivity index (χ0n) is 9.43. The van der Waals surface area contributed by atoms with E-state index in [1.54, 1.807) is 0 Å². The molecule has 3 N–H and O–H groups in total. The van der Waals surface area contributed by atoms with E-state index in [-0.39, 0.29) is 11.4 Å². The molecular weight excluding hydrogens is 188 g/mol. The van der Waals surface area contributed by atoms with Gasteiger partial charge in [-0.3, -0.25) is 4.79 Å². The molecule has 0 aliphatic heterocycles. The highest BCUT2D eigenvalue weighted by atomic mass is 16.1. The Labute approximate surface area is 91.8 Å². The Balaban J connectivity index is 1.62. The second-order valence-electron chi connectivity index (χ2n) is 5.33. The quantitative estimate of drug-likeness (QED) is 0.723. The number of rotatable bonds is 5. The Kier molecular flexibility index (Phi) is 3.29. The van der Waals surface area contributed by atoms with Gasteiger partial charge < -0.3 is 11.1 Å². The average molecular weight is 210 g/mol. The van der Waals surface area contributed by atoms with Crippen molar-refractivity contribution in [3.63, 3.8) is 0 Å². The van der Waals surface area contributed by atoms with Gasteiger partial charge in [0.1, 0.15) is 0 Å². The highest BCUT2D eigenvalue weighted by Crippen LogP contribution is 2.32. The molecule has 2 rings (SSSR count). The molecule has 0 aromatic carbocycles. The number of amides is 1. The van der Waals surface area contributed by atoms with Gasteiger partial charge in [0.25, 0.3) is 0 Å². The molecule has 0 unspecified atom stereocenters. The van der Waals surface area contributed by atoms with Crippen molar-refractivity contribution in [2.24, 2.45) is 11.7 Å². The summed E-state index contributed by atoms with van der Waals surface area (Å²) >= 11 is 0. The van der Waals surface area contributed by atoms with Gasteiger partial charge >= 0.3 is 0 Å². The van der Waals surface area contributed by atoms with Gasteiger partial charge in [0.15, 0.2) is 0 Å². The Hall–Kier alpha value is -0.570. The van der Waals surface area contributed by atoms with E-state index in [1.807, 2.05) is 0 Å². The molecule has 86 valence electrons. The van der Waals surface area contributed by atoms with Crippen LogP contribution in [0.15, 0.2) is 0 Å². The molecule has 2 aliphatic carbocycles. The largest absolute Gasteiger partial charge is 0.356 e. The molecule has 0 saturated heterocycles. The first-order chi connectivity index (χ1) is 7.18. The third-order valence-electron chi connectivity index (χ3n) is 3.68. The lowest BCUT2D eigenvalue weighted by atomic mass is 9.94. The molecule has 0 aromatic rings.